The number of hydrogen-bond acceptors (Lipinski definition) is 5. The van der Waals surface area contributed by atoms with Crippen molar-refractivity contribution in [2.24, 2.45) is 0 Å². The quantitative estimate of drug-likeness (QED) is 0.568. The van der Waals surface area contributed by atoms with Gasteiger partial charge in [-0.15, -0.1) is 34.0 Å². The number of rotatable bonds is 2. The van der Waals surface area contributed by atoms with E-state index >= 15 is 0 Å². The fourth-order valence-electron chi connectivity index (χ4n) is 2.89. The fourth-order valence-corrected chi connectivity index (χ4v) is 8.73. The molecule has 0 N–H and O–H groups in total. The van der Waals surface area contributed by atoms with Crippen molar-refractivity contribution >= 4 is 78.0 Å². The van der Waals surface area contributed by atoms with Crippen LogP contribution in [0.5, 0.6) is 0 Å². The van der Waals surface area contributed by atoms with E-state index in [-0.39, 0.29) is 18.3 Å². The topological polar surface area (TPSA) is 18.5 Å². The van der Waals surface area contributed by atoms with Crippen LogP contribution in [0.25, 0.3) is 18.8 Å². The minimum Gasteiger partial charge on any atom is -0.399 e. The van der Waals surface area contributed by atoms with Crippen molar-refractivity contribution in [2.75, 3.05) is 0 Å². The molecule has 3 aromatic rings. The largest absolute Gasteiger partial charge is 0.496 e. The summed E-state index contributed by atoms with van der Waals surface area (Å²) in [5.41, 5.74) is 0.629. The lowest BCUT2D eigenvalue weighted by Gasteiger charge is -2.32. The lowest BCUT2D eigenvalue weighted by molar-refractivity contribution is 0.00578. The molecule has 0 amide bonds. The van der Waals surface area contributed by atoms with Gasteiger partial charge in [0.1, 0.15) is 0 Å². The Balaban J connectivity index is 1.85. The maximum absolute atomic E-state index is 6.31. The molecule has 4 rings (SSSR count). The third kappa shape index (κ3) is 2.48. The molecular weight excluding hydrogens is 371 g/mol. The molecule has 0 saturated carbocycles. The van der Waals surface area contributed by atoms with Gasteiger partial charge in [-0.2, -0.15) is 0 Å². The molecule has 128 valence electrons. The van der Waals surface area contributed by atoms with Crippen molar-refractivity contribution in [2.45, 2.75) is 58.5 Å². The van der Waals surface area contributed by atoms with Crippen LogP contribution >= 0.6 is 34.0 Å². The average molecular weight is 394 g/mol. The molecule has 7 heteroatoms. The van der Waals surface area contributed by atoms with Gasteiger partial charge in [-0.3, -0.25) is 0 Å². The molecule has 24 heavy (non-hydrogen) atoms. The molecule has 0 bridgehead atoms. The van der Waals surface area contributed by atoms with Gasteiger partial charge in [0.2, 0.25) is 0 Å². The molecule has 2 nitrogen and oxygen atoms in total. The molecule has 0 radical (unpaired) electrons. The SMILES string of the molecule is CC1(C)OB(c2csc3sc4cc([Si](C)(C)C)sc4c23)OC1(C)C. The summed E-state index contributed by atoms with van der Waals surface area (Å²) in [4.78, 5) is 0. The Bertz CT molecular complexity index is 913. The van der Waals surface area contributed by atoms with Crippen LogP contribution in [0.2, 0.25) is 19.6 Å². The van der Waals surface area contributed by atoms with Gasteiger partial charge in [-0.25, -0.2) is 0 Å². The highest BCUT2D eigenvalue weighted by Gasteiger charge is 2.52. The van der Waals surface area contributed by atoms with Gasteiger partial charge in [-0.1, -0.05) is 19.6 Å². The number of thiophene rings is 3. The average Bonchev–Trinajstić information content (AvgIpc) is 3.07. The molecule has 1 aliphatic heterocycles. The molecular formula is C17H23BO2S3Si. The smallest absolute Gasteiger partial charge is 0.399 e. The molecule has 4 heterocycles. The van der Waals surface area contributed by atoms with Crippen LogP contribution in [-0.2, 0) is 9.31 Å². The highest BCUT2D eigenvalue weighted by Crippen LogP contribution is 2.42. The predicted molar refractivity (Wildman–Crippen MR) is 114 cm³/mol. The van der Waals surface area contributed by atoms with Crippen molar-refractivity contribution in [3.8, 4) is 0 Å². The summed E-state index contributed by atoms with van der Waals surface area (Å²) in [5, 5.41) is 3.60. The van der Waals surface area contributed by atoms with E-state index in [0.29, 0.717) is 0 Å². The first-order chi connectivity index (χ1) is 11.0. The molecule has 0 atom stereocenters. The van der Waals surface area contributed by atoms with Gasteiger partial charge in [-0.05, 0) is 43.6 Å². The number of fused-ring (bicyclic) bond motifs is 3. The molecule has 0 spiro atoms. The van der Waals surface area contributed by atoms with E-state index in [4.69, 9.17) is 9.31 Å². The lowest BCUT2D eigenvalue weighted by Crippen LogP contribution is -2.41. The van der Waals surface area contributed by atoms with E-state index in [1.54, 1.807) is 4.50 Å². The van der Waals surface area contributed by atoms with Crippen molar-refractivity contribution in [3.05, 3.63) is 11.4 Å². The molecule has 1 saturated heterocycles. The van der Waals surface area contributed by atoms with Gasteiger partial charge >= 0.3 is 7.12 Å². The molecule has 0 aromatic carbocycles. The maximum Gasteiger partial charge on any atom is 0.496 e. The van der Waals surface area contributed by atoms with Gasteiger partial charge in [0.05, 0.1) is 28.0 Å². The third-order valence-corrected chi connectivity index (χ3v) is 12.3. The van der Waals surface area contributed by atoms with Crippen molar-refractivity contribution in [1.29, 1.82) is 0 Å². The van der Waals surface area contributed by atoms with E-state index in [2.05, 4.69) is 58.8 Å². The standard InChI is InChI=1S/C17H23BO2S3Si/c1-16(2)17(3,4)20-18(19-16)10-9-21-15-13(10)14-11(22-15)8-12(23-14)24(5,6)7/h8-9H,1-7H3. The summed E-state index contributed by atoms with van der Waals surface area (Å²) >= 11 is 5.72. The zero-order valence-corrected chi connectivity index (χ0v) is 18.7. The van der Waals surface area contributed by atoms with Gasteiger partial charge < -0.3 is 9.31 Å². The van der Waals surface area contributed by atoms with Crippen molar-refractivity contribution < 1.29 is 9.31 Å². The lowest BCUT2D eigenvalue weighted by atomic mass is 9.79. The Morgan fingerprint density at radius 2 is 1.62 bits per heavy atom. The fraction of sp³-hybridized carbons (Fsp3) is 0.529. The van der Waals surface area contributed by atoms with Crippen LogP contribution < -0.4 is 9.96 Å². The first-order valence-corrected chi connectivity index (χ1v) is 14.3. The Labute approximate surface area is 156 Å². The number of hydrogen-bond donors (Lipinski definition) is 0. The van der Waals surface area contributed by atoms with E-state index in [1.807, 2.05) is 34.0 Å². The summed E-state index contributed by atoms with van der Waals surface area (Å²) in [6.07, 6.45) is 0. The second-order valence-corrected chi connectivity index (χ2v) is 17.2. The molecule has 3 aromatic heterocycles. The highest BCUT2D eigenvalue weighted by molar-refractivity contribution is 7.45. The predicted octanol–water partition coefficient (Wildman–Crippen LogP) is 5.02. The summed E-state index contributed by atoms with van der Waals surface area (Å²) in [6, 6.07) is 2.43. The summed E-state index contributed by atoms with van der Waals surface area (Å²) in [7, 11) is -1.54. The minimum absolute atomic E-state index is 0.265. The van der Waals surface area contributed by atoms with Crippen LogP contribution in [0.4, 0.5) is 0 Å². The molecule has 0 aliphatic carbocycles. The van der Waals surface area contributed by atoms with Crippen LogP contribution in [0.1, 0.15) is 27.7 Å². The summed E-state index contributed by atoms with van der Waals surface area (Å²) in [6.45, 7) is 15.7. The highest BCUT2D eigenvalue weighted by atomic mass is 32.2. The van der Waals surface area contributed by atoms with Crippen LogP contribution in [0.15, 0.2) is 11.4 Å². The maximum atomic E-state index is 6.31. The first kappa shape index (κ1) is 17.2. The second kappa shape index (κ2) is 5.18. The summed E-state index contributed by atoms with van der Waals surface area (Å²) < 4.78 is 18.5. The van der Waals surface area contributed by atoms with E-state index in [0.717, 1.165) is 0 Å². The summed E-state index contributed by atoms with van der Waals surface area (Å²) in [5.74, 6) is 0. The van der Waals surface area contributed by atoms with Gasteiger partial charge in [0.25, 0.3) is 0 Å². The Morgan fingerprint density at radius 3 is 2.21 bits per heavy atom. The second-order valence-electron chi connectivity index (χ2n) is 8.60. The van der Waals surface area contributed by atoms with E-state index in [9.17, 15) is 0 Å². The Hall–Kier alpha value is -0.178. The normalized spacial score (nSPS) is 20.5. The first-order valence-electron chi connectivity index (χ1n) is 8.29. The van der Waals surface area contributed by atoms with E-state index < -0.39 is 8.07 Å². The van der Waals surface area contributed by atoms with Crippen molar-refractivity contribution in [3.63, 3.8) is 0 Å². The van der Waals surface area contributed by atoms with E-state index in [1.165, 1.54) is 24.3 Å². The molecule has 1 aliphatic rings. The molecule has 0 unspecified atom stereocenters. The van der Waals surface area contributed by atoms with Crippen molar-refractivity contribution in [1.82, 2.24) is 0 Å². The zero-order chi connectivity index (χ0) is 17.5. The molecule has 1 fully saturated rings. The Kier molecular flexibility index (Phi) is 3.72. The van der Waals surface area contributed by atoms with Crippen LogP contribution in [-0.4, -0.2) is 26.4 Å². The van der Waals surface area contributed by atoms with Gasteiger partial charge in [0, 0.05) is 15.5 Å². The van der Waals surface area contributed by atoms with Crippen LogP contribution in [0, 0.1) is 0 Å². The minimum atomic E-state index is -1.28. The monoisotopic (exact) mass is 394 g/mol. The van der Waals surface area contributed by atoms with Gasteiger partial charge in [0.15, 0.2) is 0 Å². The third-order valence-electron chi connectivity index (χ3n) is 5.16. The Morgan fingerprint density at radius 1 is 1.00 bits per heavy atom. The zero-order valence-electron chi connectivity index (χ0n) is 15.3. The van der Waals surface area contributed by atoms with Crippen LogP contribution in [0.3, 0.4) is 0 Å².